The molecule has 0 atom stereocenters. The molecule has 0 saturated heterocycles. The van der Waals surface area contributed by atoms with Gasteiger partial charge < -0.3 is 9.64 Å². The van der Waals surface area contributed by atoms with Gasteiger partial charge in [0.25, 0.3) is 11.6 Å². The summed E-state index contributed by atoms with van der Waals surface area (Å²) in [5, 5.41) is 11.1. The minimum absolute atomic E-state index is 0.170. The third-order valence-corrected chi connectivity index (χ3v) is 6.40. The zero-order valence-corrected chi connectivity index (χ0v) is 17.4. The van der Waals surface area contributed by atoms with Crippen LogP contribution in [-0.4, -0.2) is 51.1 Å². The predicted octanol–water partition coefficient (Wildman–Crippen LogP) is 1.70. The van der Waals surface area contributed by atoms with E-state index < -0.39 is 20.7 Å². The Balaban J connectivity index is 1.64. The number of fused-ring (bicyclic) bond motifs is 2. The van der Waals surface area contributed by atoms with E-state index in [9.17, 15) is 28.1 Å². The monoisotopic (exact) mass is 445 g/mol. The van der Waals surface area contributed by atoms with Gasteiger partial charge in [-0.1, -0.05) is 0 Å². The minimum atomic E-state index is -3.37. The van der Waals surface area contributed by atoms with Crippen LogP contribution in [0, 0.1) is 10.1 Å². The average Bonchev–Trinajstić information content (AvgIpc) is 2.73. The highest BCUT2D eigenvalue weighted by Gasteiger charge is 2.32. The third kappa shape index (κ3) is 3.96. The quantitative estimate of drug-likeness (QED) is 0.518. The van der Waals surface area contributed by atoms with Gasteiger partial charge in [0.05, 0.1) is 15.5 Å². The van der Waals surface area contributed by atoms with E-state index in [2.05, 4.69) is 0 Å². The first kappa shape index (κ1) is 20.8. The highest BCUT2D eigenvalue weighted by atomic mass is 32.2. The molecule has 0 aliphatic carbocycles. The third-order valence-electron chi connectivity index (χ3n) is 5.29. The van der Waals surface area contributed by atoms with Gasteiger partial charge in [0.15, 0.2) is 16.4 Å². The van der Waals surface area contributed by atoms with Crippen LogP contribution < -0.4 is 14.5 Å². The van der Waals surface area contributed by atoms with E-state index in [0.717, 1.165) is 11.8 Å². The fourth-order valence-corrected chi connectivity index (χ4v) is 4.43. The number of carbonyl (C=O) groups is 2. The van der Waals surface area contributed by atoms with Crippen molar-refractivity contribution in [3.05, 3.63) is 52.1 Å². The smallest absolute Gasteiger partial charge is 0.271 e. The maximum absolute atomic E-state index is 13.1. The van der Waals surface area contributed by atoms with Gasteiger partial charge in [0.2, 0.25) is 5.91 Å². The number of sulfone groups is 1. The molecule has 0 bridgehead atoms. The van der Waals surface area contributed by atoms with E-state index in [1.54, 1.807) is 12.1 Å². The van der Waals surface area contributed by atoms with E-state index in [1.807, 2.05) is 0 Å². The molecule has 2 amide bonds. The molecule has 10 nitrogen and oxygen atoms in total. The number of nitro benzene ring substituents is 1. The van der Waals surface area contributed by atoms with Crippen LogP contribution in [0.25, 0.3) is 0 Å². The van der Waals surface area contributed by atoms with E-state index in [1.165, 1.54) is 34.1 Å². The highest BCUT2D eigenvalue weighted by Crippen LogP contribution is 2.36. The van der Waals surface area contributed by atoms with Crippen LogP contribution in [0.3, 0.4) is 0 Å². The summed E-state index contributed by atoms with van der Waals surface area (Å²) in [6.45, 7) is -0.166. The van der Waals surface area contributed by atoms with Crippen LogP contribution in [0.1, 0.15) is 12.0 Å². The second-order valence-corrected chi connectivity index (χ2v) is 9.41. The number of nitrogens with zero attached hydrogens (tertiary/aromatic N) is 3. The van der Waals surface area contributed by atoms with Crippen LogP contribution in [0.15, 0.2) is 41.3 Å². The van der Waals surface area contributed by atoms with Gasteiger partial charge in [-0.3, -0.25) is 24.6 Å². The van der Waals surface area contributed by atoms with Gasteiger partial charge in [-0.05, 0) is 42.7 Å². The van der Waals surface area contributed by atoms with E-state index in [-0.39, 0.29) is 41.1 Å². The first-order valence-corrected chi connectivity index (χ1v) is 11.4. The first-order chi connectivity index (χ1) is 14.6. The number of amides is 2. The zero-order valence-electron chi connectivity index (χ0n) is 16.6. The Labute approximate surface area is 178 Å². The Morgan fingerprint density at radius 3 is 2.68 bits per heavy atom. The molecule has 0 spiro atoms. The summed E-state index contributed by atoms with van der Waals surface area (Å²) in [5.41, 5.74) is 1.30. The van der Waals surface area contributed by atoms with Crippen LogP contribution >= 0.6 is 0 Å². The van der Waals surface area contributed by atoms with Crippen molar-refractivity contribution in [1.82, 2.24) is 0 Å². The molecule has 11 heteroatoms. The number of anilines is 2. The van der Waals surface area contributed by atoms with Gasteiger partial charge in [-0.25, -0.2) is 8.42 Å². The van der Waals surface area contributed by atoms with Crippen molar-refractivity contribution in [3.8, 4) is 5.75 Å². The number of benzene rings is 2. The maximum Gasteiger partial charge on any atom is 0.271 e. The number of hydrogen-bond acceptors (Lipinski definition) is 7. The van der Waals surface area contributed by atoms with Crippen LogP contribution in [0.5, 0.6) is 5.75 Å². The highest BCUT2D eigenvalue weighted by molar-refractivity contribution is 7.90. The van der Waals surface area contributed by atoms with Crippen molar-refractivity contribution in [2.24, 2.45) is 0 Å². The van der Waals surface area contributed by atoms with Gasteiger partial charge >= 0.3 is 0 Å². The number of rotatable bonds is 4. The largest absolute Gasteiger partial charge is 0.482 e. The Morgan fingerprint density at radius 1 is 1.19 bits per heavy atom. The molecule has 0 radical (unpaired) electrons. The van der Waals surface area contributed by atoms with Gasteiger partial charge in [-0.2, -0.15) is 0 Å². The van der Waals surface area contributed by atoms with Crippen molar-refractivity contribution in [2.75, 3.05) is 35.8 Å². The van der Waals surface area contributed by atoms with Crippen molar-refractivity contribution < 1.29 is 27.7 Å². The topological polar surface area (TPSA) is 127 Å². The minimum Gasteiger partial charge on any atom is -0.482 e. The lowest BCUT2D eigenvalue weighted by Crippen LogP contribution is -2.47. The molecular weight excluding hydrogens is 426 g/mol. The number of aryl methyl sites for hydroxylation is 1. The van der Waals surface area contributed by atoms with E-state index >= 15 is 0 Å². The second-order valence-electron chi connectivity index (χ2n) is 7.39. The van der Waals surface area contributed by atoms with Crippen molar-refractivity contribution in [2.45, 2.75) is 17.7 Å². The second kappa shape index (κ2) is 7.65. The fraction of sp³-hybridized carbons (Fsp3) is 0.300. The lowest BCUT2D eigenvalue weighted by atomic mass is 10.0. The van der Waals surface area contributed by atoms with Gasteiger partial charge in [0, 0.05) is 30.6 Å². The number of hydrogen-bond donors (Lipinski definition) is 0. The van der Waals surface area contributed by atoms with Gasteiger partial charge in [-0.15, -0.1) is 0 Å². The summed E-state index contributed by atoms with van der Waals surface area (Å²) in [6.07, 6.45) is 2.40. The molecule has 2 aliphatic rings. The van der Waals surface area contributed by atoms with E-state index in [0.29, 0.717) is 25.1 Å². The number of ether oxygens (including phenoxy) is 1. The fourth-order valence-electron chi connectivity index (χ4n) is 3.76. The average molecular weight is 445 g/mol. The number of nitro groups is 1. The summed E-state index contributed by atoms with van der Waals surface area (Å²) < 4.78 is 29.0. The van der Waals surface area contributed by atoms with Gasteiger partial charge in [0.1, 0.15) is 12.3 Å². The normalized spacial score (nSPS) is 15.7. The summed E-state index contributed by atoms with van der Waals surface area (Å²) in [6, 6.07) is 8.51. The molecule has 162 valence electrons. The van der Waals surface area contributed by atoms with Crippen LogP contribution in [0.2, 0.25) is 0 Å². The molecule has 0 aromatic heterocycles. The maximum atomic E-state index is 13.1. The first-order valence-electron chi connectivity index (χ1n) is 9.50. The molecule has 2 aliphatic heterocycles. The predicted molar refractivity (Wildman–Crippen MR) is 111 cm³/mol. The number of non-ortho nitro benzene ring substituents is 1. The molecule has 2 aromatic rings. The molecule has 0 saturated carbocycles. The Kier molecular flexibility index (Phi) is 5.13. The Bertz CT molecular complexity index is 1210. The summed E-state index contributed by atoms with van der Waals surface area (Å²) in [5.74, 6) is -0.568. The molecule has 2 aromatic carbocycles. The summed E-state index contributed by atoms with van der Waals surface area (Å²) >= 11 is 0. The van der Waals surface area contributed by atoms with E-state index in [4.69, 9.17) is 4.74 Å². The summed E-state index contributed by atoms with van der Waals surface area (Å²) in [7, 11) is -3.37. The van der Waals surface area contributed by atoms with Crippen molar-refractivity contribution >= 4 is 38.7 Å². The van der Waals surface area contributed by atoms with Crippen molar-refractivity contribution in [1.29, 1.82) is 0 Å². The lowest BCUT2D eigenvalue weighted by molar-refractivity contribution is -0.384. The molecule has 31 heavy (non-hydrogen) atoms. The SMILES string of the molecule is CS(=O)(=O)c1ccc2c(c1)CCCN2C(=O)CN1C(=O)COc2ccc([N+](=O)[O-])cc21. The zero-order chi connectivity index (χ0) is 22.3. The molecular formula is C20H19N3O7S. The molecule has 2 heterocycles. The number of carbonyl (C=O) groups excluding carboxylic acids is 2. The van der Waals surface area contributed by atoms with Crippen LogP contribution in [0.4, 0.5) is 17.1 Å². The molecule has 4 rings (SSSR count). The molecule has 0 fully saturated rings. The standard InChI is InChI=1S/C20H19N3O7S/c1-31(28,29)15-5-6-16-13(9-15)3-2-8-21(16)19(24)11-22-17-10-14(23(26)27)4-7-18(17)30-12-20(22)25/h4-7,9-10H,2-3,8,11-12H2,1H3. The van der Waals surface area contributed by atoms with Crippen molar-refractivity contribution in [3.63, 3.8) is 0 Å². The molecule has 0 unspecified atom stereocenters. The molecule has 0 N–H and O–H groups in total. The Morgan fingerprint density at radius 2 is 1.97 bits per heavy atom. The lowest BCUT2D eigenvalue weighted by Gasteiger charge is -2.33. The van der Waals surface area contributed by atoms with Crippen LogP contribution in [-0.2, 0) is 25.8 Å². The summed E-state index contributed by atoms with van der Waals surface area (Å²) in [4.78, 5) is 39.0. The Hall–Kier alpha value is -3.47.